The van der Waals surface area contributed by atoms with E-state index in [1.165, 1.54) is 6.08 Å². The molecule has 1 aromatic carbocycles. The number of carboxylic acids is 1. The molecule has 0 unspecified atom stereocenters. The zero-order valence-electron chi connectivity index (χ0n) is 8.13. The second-order valence-corrected chi connectivity index (χ2v) is 3.05. The molecule has 0 saturated carbocycles. The lowest BCUT2D eigenvalue weighted by atomic mass is 10.1. The Morgan fingerprint density at radius 1 is 1.33 bits per heavy atom. The molecule has 3 heteroatoms. The van der Waals surface area contributed by atoms with Crippen LogP contribution < -0.4 is 0 Å². The number of aliphatic hydroxyl groups excluding tert-OH is 1. The van der Waals surface area contributed by atoms with Crippen LogP contribution in [0.5, 0.6) is 0 Å². The van der Waals surface area contributed by atoms with Crippen LogP contribution in [0, 0.1) is 0 Å². The SMILES string of the molecule is C=C(C(=O)O)[C@H](O)/C=C/c1ccccc1. The Labute approximate surface area is 88.0 Å². The van der Waals surface area contributed by atoms with Gasteiger partial charge in [0.25, 0.3) is 0 Å². The molecule has 0 radical (unpaired) electrons. The van der Waals surface area contributed by atoms with Crippen molar-refractivity contribution in [3.63, 3.8) is 0 Å². The molecule has 78 valence electrons. The molecule has 0 amide bonds. The minimum absolute atomic E-state index is 0.234. The van der Waals surface area contributed by atoms with Crippen molar-refractivity contribution in [2.24, 2.45) is 0 Å². The molecule has 0 heterocycles. The Morgan fingerprint density at radius 3 is 2.47 bits per heavy atom. The topological polar surface area (TPSA) is 57.5 Å². The summed E-state index contributed by atoms with van der Waals surface area (Å²) in [5.74, 6) is -1.19. The third-order valence-electron chi connectivity index (χ3n) is 1.90. The van der Waals surface area contributed by atoms with Gasteiger partial charge in [-0.25, -0.2) is 4.79 Å². The van der Waals surface area contributed by atoms with Crippen molar-refractivity contribution in [2.45, 2.75) is 6.10 Å². The minimum Gasteiger partial charge on any atom is -0.478 e. The van der Waals surface area contributed by atoms with Gasteiger partial charge in [-0.05, 0) is 5.56 Å². The first kappa shape index (κ1) is 11.2. The zero-order chi connectivity index (χ0) is 11.3. The number of benzene rings is 1. The van der Waals surface area contributed by atoms with E-state index in [1.807, 2.05) is 30.3 Å². The van der Waals surface area contributed by atoms with Gasteiger partial charge in [0.15, 0.2) is 0 Å². The van der Waals surface area contributed by atoms with Gasteiger partial charge in [-0.15, -0.1) is 0 Å². The standard InChI is InChI=1S/C12H12O3/c1-9(12(14)15)11(13)8-7-10-5-3-2-4-6-10/h2-8,11,13H,1H2,(H,14,15)/b8-7+/t11-/m1/s1. The number of carbonyl (C=O) groups is 1. The predicted octanol–water partition coefficient (Wildman–Crippen LogP) is 1.70. The molecule has 0 fully saturated rings. The van der Waals surface area contributed by atoms with E-state index in [2.05, 4.69) is 6.58 Å². The molecule has 0 aliphatic rings. The summed E-state index contributed by atoms with van der Waals surface area (Å²) in [5.41, 5.74) is 0.664. The molecule has 0 aliphatic carbocycles. The van der Waals surface area contributed by atoms with Crippen molar-refractivity contribution >= 4 is 12.0 Å². The second kappa shape index (κ2) is 5.12. The van der Waals surface area contributed by atoms with E-state index in [9.17, 15) is 9.90 Å². The molecule has 0 saturated heterocycles. The maximum absolute atomic E-state index is 10.5. The van der Waals surface area contributed by atoms with Gasteiger partial charge in [0.2, 0.25) is 0 Å². The molecule has 3 nitrogen and oxygen atoms in total. The Balaban J connectivity index is 2.66. The maximum Gasteiger partial charge on any atom is 0.333 e. The molecular formula is C12H12O3. The van der Waals surface area contributed by atoms with Crippen molar-refractivity contribution < 1.29 is 15.0 Å². The van der Waals surface area contributed by atoms with Crippen LogP contribution in [-0.4, -0.2) is 22.3 Å². The number of hydrogen-bond acceptors (Lipinski definition) is 2. The first-order valence-electron chi connectivity index (χ1n) is 4.44. The highest BCUT2D eigenvalue weighted by Crippen LogP contribution is 2.06. The van der Waals surface area contributed by atoms with Crippen LogP contribution >= 0.6 is 0 Å². The Hall–Kier alpha value is -1.87. The first-order chi connectivity index (χ1) is 7.11. The monoisotopic (exact) mass is 204 g/mol. The van der Waals surface area contributed by atoms with Gasteiger partial charge in [0.05, 0.1) is 5.57 Å². The highest BCUT2D eigenvalue weighted by Gasteiger charge is 2.11. The smallest absolute Gasteiger partial charge is 0.333 e. The van der Waals surface area contributed by atoms with Crippen molar-refractivity contribution in [1.82, 2.24) is 0 Å². The van der Waals surface area contributed by atoms with Crippen LogP contribution in [-0.2, 0) is 4.79 Å². The fourth-order valence-electron chi connectivity index (χ4n) is 1.01. The van der Waals surface area contributed by atoms with Crippen LogP contribution in [0.3, 0.4) is 0 Å². The number of aliphatic carboxylic acids is 1. The van der Waals surface area contributed by atoms with Crippen LogP contribution in [0.4, 0.5) is 0 Å². The van der Waals surface area contributed by atoms with Gasteiger partial charge in [-0.3, -0.25) is 0 Å². The Morgan fingerprint density at radius 2 is 1.93 bits per heavy atom. The summed E-state index contributed by atoms with van der Waals surface area (Å²) < 4.78 is 0. The van der Waals surface area contributed by atoms with E-state index in [0.29, 0.717) is 0 Å². The average Bonchev–Trinajstić information content (AvgIpc) is 2.26. The van der Waals surface area contributed by atoms with Crippen LogP contribution in [0.1, 0.15) is 5.56 Å². The maximum atomic E-state index is 10.5. The second-order valence-electron chi connectivity index (χ2n) is 3.05. The van der Waals surface area contributed by atoms with Gasteiger partial charge in [-0.2, -0.15) is 0 Å². The summed E-state index contributed by atoms with van der Waals surface area (Å²) in [4.78, 5) is 10.5. The van der Waals surface area contributed by atoms with Gasteiger partial charge >= 0.3 is 5.97 Å². The van der Waals surface area contributed by atoms with E-state index in [-0.39, 0.29) is 5.57 Å². The first-order valence-corrected chi connectivity index (χ1v) is 4.44. The molecule has 0 bridgehead atoms. The molecule has 2 N–H and O–H groups in total. The zero-order valence-corrected chi connectivity index (χ0v) is 8.13. The van der Waals surface area contributed by atoms with Gasteiger partial charge in [0.1, 0.15) is 6.10 Å². The lowest BCUT2D eigenvalue weighted by Crippen LogP contribution is -2.13. The van der Waals surface area contributed by atoms with E-state index < -0.39 is 12.1 Å². The van der Waals surface area contributed by atoms with Crippen LogP contribution in [0.2, 0.25) is 0 Å². The van der Waals surface area contributed by atoms with Crippen LogP contribution in [0.15, 0.2) is 48.6 Å². The summed E-state index contributed by atoms with van der Waals surface area (Å²) in [5, 5.41) is 17.9. The predicted molar refractivity (Wildman–Crippen MR) is 58.3 cm³/mol. The largest absolute Gasteiger partial charge is 0.478 e. The summed E-state index contributed by atoms with van der Waals surface area (Å²) in [7, 11) is 0. The summed E-state index contributed by atoms with van der Waals surface area (Å²) in [6.45, 7) is 3.27. The van der Waals surface area contributed by atoms with E-state index in [0.717, 1.165) is 5.56 Å². The molecule has 1 aromatic rings. The van der Waals surface area contributed by atoms with Crippen LogP contribution in [0.25, 0.3) is 6.08 Å². The molecule has 1 rings (SSSR count). The highest BCUT2D eigenvalue weighted by atomic mass is 16.4. The number of hydrogen-bond donors (Lipinski definition) is 2. The fourth-order valence-corrected chi connectivity index (χ4v) is 1.01. The molecular weight excluding hydrogens is 192 g/mol. The van der Waals surface area contributed by atoms with Gasteiger partial charge < -0.3 is 10.2 Å². The number of aliphatic hydroxyl groups is 1. The fraction of sp³-hybridized carbons (Fsp3) is 0.0833. The van der Waals surface area contributed by atoms with Crippen molar-refractivity contribution in [3.05, 3.63) is 54.1 Å². The van der Waals surface area contributed by atoms with E-state index in [1.54, 1.807) is 6.08 Å². The molecule has 0 aliphatic heterocycles. The Kier molecular flexibility index (Phi) is 3.83. The minimum atomic E-state index is -1.19. The van der Waals surface area contributed by atoms with Crippen molar-refractivity contribution in [1.29, 1.82) is 0 Å². The third-order valence-corrected chi connectivity index (χ3v) is 1.90. The summed E-state index contributed by atoms with van der Waals surface area (Å²) in [6.07, 6.45) is 1.90. The summed E-state index contributed by atoms with van der Waals surface area (Å²) in [6, 6.07) is 9.31. The molecule has 0 spiro atoms. The lowest BCUT2D eigenvalue weighted by molar-refractivity contribution is -0.133. The summed E-state index contributed by atoms with van der Waals surface area (Å²) >= 11 is 0. The molecule has 1 atom stereocenters. The number of rotatable bonds is 4. The quantitative estimate of drug-likeness (QED) is 0.734. The lowest BCUT2D eigenvalue weighted by Gasteiger charge is -2.03. The third kappa shape index (κ3) is 3.40. The highest BCUT2D eigenvalue weighted by molar-refractivity contribution is 5.87. The number of carboxylic acid groups (broad SMARTS) is 1. The molecule has 0 aromatic heterocycles. The van der Waals surface area contributed by atoms with E-state index in [4.69, 9.17) is 5.11 Å². The van der Waals surface area contributed by atoms with Gasteiger partial charge in [-0.1, -0.05) is 49.1 Å². The van der Waals surface area contributed by atoms with Gasteiger partial charge in [0, 0.05) is 0 Å². The van der Waals surface area contributed by atoms with Crippen molar-refractivity contribution in [2.75, 3.05) is 0 Å². The Bertz CT molecular complexity index is 379. The molecule has 15 heavy (non-hydrogen) atoms. The van der Waals surface area contributed by atoms with Crippen molar-refractivity contribution in [3.8, 4) is 0 Å². The normalized spacial score (nSPS) is 12.6. The average molecular weight is 204 g/mol. The van der Waals surface area contributed by atoms with E-state index >= 15 is 0 Å².